The summed E-state index contributed by atoms with van der Waals surface area (Å²) in [6.07, 6.45) is 1.73. The minimum absolute atomic E-state index is 0.248. The molecule has 90 valence electrons. The fourth-order valence-corrected chi connectivity index (χ4v) is 2.27. The number of rotatable bonds is 5. The molecule has 1 aliphatic rings. The van der Waals surface area contributed by atoms with Gasteiger partial charge in [-0.05, 0) is 32.7 Å². The minimum Gasteiger partial charge on any atom is -0.392 e. The molecule has 4 heteroatoms. The zero-order chi connectivity index (χ0) is 11.3. The van der Waals surface area contributed by atoms with E-state index < -0.39 is 11.7 Å². The molecule has 0 unspecified atom stereocenters. The maximum atomic E-state index is 10.3. The molecule has 0 saturated carbocycles. The van der Waals surface area contributed by atoms with Crippen LogP contribution in [-0.2, 0) is 4.74 Å². The Morgan fingerprint density at radius 2 is 2.07 bits per heavy atom. The summed E-state index contributed by atoms with van der Waals surface area (Å²) in [5, 5.41) is 22.9. The third-order valence-electron chi connectivity index (χ3n) is 3.19. The van der Waals surface area contributed by atoms with Crippen LogP contribution in [0.1, 0.15) is 26.2 Å². The van der Waals surface area contributed by atoms with E-state index in [1.54, 1.807) is 7.05 Å². The lowest BCUT2D eigenvalue weighted by Crippen LogP contribution is -2.42. The third kappa shape index (κ3) is 4.07. The number of ether oxygens (including phenoxy) is 1. The fourth-order valence-electron chi connectivity index (χ4n) is 2.27. The van der Waals surface area contributed by atoms with Crippen molar-refractivity contribution in [2.75, 3.05) is 26.8 Å². The highest BCUT2D eigenvalue weighted by atomic mass is 16.5. The first-order chi connectivity index (χ1) is 7.06. The van der Waals surface area contributed by atoms with Crippen molar-refractivity contribution < 1.29 is 14.9 Å². The number of hydrogen-bond acceptors (Lipinski definition) is 4. The summed E-state index contributed by atoms with van der Waals surface area (Å²) in [5.41, 5.74) is -0.778. The summed E-state index contributed by atoms with van der Waals surface area (Å²) in [5.74, 6) is 0.248. The van der Waals surface area contributed by atoms with Crippen molar-refractivity contribution in [2.45, 2.75) is 37.9 Å². The van der Waals surface area contributed by atoms with Gasteiger partial charge in [-0.15, -0.1) is 0 Å². The van der Waals surface area contributed by atoms with Crippen LogP contribution in [0, 0.1) is 5.92 Å². The molecule has 0 aromatic rings. The van der Waals surface area contributed by atoms with E-state index in [1.807, 2.05) is 6.92 Å². The van der Waals surface area contributed by atoms with Crippen LogP contribution >= 0.6 is 0 Å². The number of hydrogen-bond donors (Lipinski definition) is 3. The average Bonchev–Trinajstić information content (AvgIpc) is 2.18. The molecule has 4 nitrogen and oxygen atoms in total. The molecule has 0 aromatic heterocycles. The second-order valence-electron chi connectivity index (χ2n) is 4.66. The van der Waals surface area contributed by atoms with E-state index in [4.69, 9.17) is 4.74 Å². The van der Waals surface area contributed by atoms with Crippen molar-refractivity contribution in [1.29, 1.82) is 0 Å². The highest BCUT2D eigenvalue weighted by Gasteiger charge is 2.34. The Balaban J connectivity index is 2.41. The average molecular weight is 217 g/mol. The monoisotopic (exact) mass is 217 g/mol. The summed E-state index contributed by atoms with van der Waals surface area (Å²) in [6, 6.07) is 0. The number of aliphatic hydroxyl groups is 2. The normalized spacial score (nSPS) is 24.8. The molecular formula is C11H23NO3. The van der Waals surface area contributed by atoms with E-state index in [1.165, 1.54) is 0 Å². The Morgan fingerprint density at radius 3 is 2.60 bits per heavy atom. The van der Waals surface area contributed by atoms with E-state index in [2.05, 4.69) is 5.32 Å². The van der Waals surface area contributed by atoms with E-state index in [0.29, 0.717) is 13.0 Å². The molecule has 2 atom stereocenters. The molecule has 1 heterocycles. The lowest BCUT2D eigenvalue weighted by molar-refractivity contribution is -0.0772. The molecule has 1 saturated heterocycles. The first-order valence-corrected chi connectivity index (χ1v) is 5.69. The van der Waals surface area contributed by atoms with Gasteiger partial charge in [0.2, 0.25) is 0 Å². The van der Waals surface area contributed by atoms with Gasteiger partial charge in [-0.25, -0.2) is 0 Å². The van der Waals surface area contributed by atoms with Gasteiger partial charge in [-0.1, -0.05) is 0 Å². The highest BCUT2D eigenvalue weighted by Crippen LogP contribution is 2.30. The van der Waals surface area contributed by atoms with E-state index in [0.717, 1.165) is 26.1 Å². The number of likely N-dealkylation sites (N-methyl/N-ethyl adjacent to an activating group) is 1. The van der Waals surface area contributed by atoms with Gasteiger partial charge < -0.3 is 20.3 Å². The number of aliphatic hydroxyl groups excluding tert-OH is 1. The Morgan fingerprint density at radius 1 is 1.47 bits per heavy atom. The molecule has 3 N–H and O–H groups in total. The molecule has 1 rings (SSSR count). The van der Waals surface area contributed by atoms with Crippen LogP contribution in [-0.4, -0.2) is 48.7 Å². The van der Waals surface area contributed by atoms with E-state index >= 15 is 0 Å². The van der Waals surface area contributed by atoms with Crippen molar-refractivity contribution in [3.8, 4) is 0 Å². The Kier molecular flexibility index (Phi) is 4.99. The van der Waals surface area contributed by atoms with Gasteiger partial charge in [0.25, 0.3) is 0 Å². The van der Waals surface area contributed by atoms with E-state index in [9.17, 15) is 10.2 Å². The quantitative estimate of drug-likeness (QED) is 0.613. The summed E-state index contributed by atoms with van der Waals surface area (Å²) in [4.78, 5) is 0. The predicted octanol–water partition coefficient (Wildman–Crippen LogP) is 0.134. The molecular weight excluding hydrogens is 194 g/mol. The maximum Gasteiger partial charge on any atom is 0.0691 e. The largest absolute Gasteiger partial charge is 0.392 e. The van der Waals surface area contributed by atoms with Crippen molar-refractivity contribution in [2.24, 2.45) is 5.92 Å². The molecule has 0 amide bonds. The molecule has 0 bridgehead atoms. The van der Waals surface area contributed by atoms with Crippen LogP contribution in [0.2, 0.25) is 0 Å². The topological polar surface area (TPSA) is 61.7 Å². The second-order valence-corrected chi connectivity index (χ2v) is 4.66. The second kappa shape index (κ2) is 5.80. The van der Waals surface area contributed by atoms with Crippen molar-refractivity contribution in [3.05, 3.63) is 0 Å². The maximum absolute atomic E-state index is 10.3. The molecule has 0 spiro atoms. The zero-order valence-electron chi connectivity index (χ0n) is 9.70. The summed E-state index contributed by atoms with van der Waals surface area (Å²) < 4.78 is 5.26. The Labute approximate surface area is 91.6 Å². The summed E-state index contributed by atoms with van der Waals surface area (Å²) in [7, 11) is 1.80. The van der Waals surface area contributed by atoms with Crippen LogP contribution in [0.3, 0.4) is 0 Å². The first-order valence-electron chi connectivity index (χ1n) is 5.69. The SMILES string of the molecule is CNC[C@@H](O)C[C@@](C)(O)C1CCOCC1. The predicted molar refractivity (Wildman–Crippen MR) is 58.7 cm³/mol. The van der Waals surface area contributed by atoms with Crippen LogP contribution in [0.4, 0.5) is 0 Å². The van der Waals surface area contributed by atoms with Gasteiger partial charge >= 0.3 is 0 Å². The van der Waals surface area contributed by atoms with Gasteiger partial charge in [0.1, 0.15) is 0 Å². The van der Waals surface area contributed by atoms with Gasteiger partial charge in [-0.2, -0.15) is 0 Å². The Hall–Kier alpha value is -0.160. The molecule has 0 aromatic carbocycles. The Bertz CT molecular complexity index is 179. The van der Waals surface area contributed by atoms with Gasteiger partial charge in [0.15, 0.2) is 0 Å². The molecule has 1 aliphatic heterocycles. The standard InChI is InChI=1S/C11H23NO3/c1-11(14,7-10(13)8-12-2)9-3-5-15-6-4-9/h9-10,12-14H,3-8H2,1-2H3/t10-,11+/m0/s1. The van der Waals surface area contributed by atoms with E-state index in [-0.39, 0.29) is 5.92 Å². The minimum atomic E-state index is -0.778. The van der Waals surface area contributed by atoms with Gasteiger partial charge in [0, 0.05) is 26.2 Å². The fraction of sp³-hybridized carbons (Fsp3) is 1.00. The summed E-state index contributed by atoms with van der Waals surface area (Å²) in [6.45, 7) is 3.80. The number of nitrogens with one attached hydrogen (secondary N) is 1. The van der Waals surface area contributed by atoms with Gasteiger partial charge in [-0.3, -0.25) is 0 Å². The van der Waals surface area contributed by atoms with Crippen LogP contribution in [0.15, 0.2) is 0 Å². The van der Waals surface area contributed by atoms with Crippen molar-refractivity contribution >= 4 is 0 Å². The van der Waals surface area contributed by atoms with Crippen molar-refractivity contribution in [1.82, 2.24) is 5.32 Å². The zero-order valence-corrected chi connectivity index (χ0v) is 9.70. The first kappa shape index (κ1) is 12.9. The summed E-state index contributed by atoms with van der Waals surface area (Å²) >= 11 is 0. The van der Waals surface area contributed by atoms with Crippen LogP contribution in [0.5, 0.6) is 0 Å². The van der Waals surface area contributed by atoms with Gasteiger partial charge in [0.05, 0.1) is 11.7 Å². The highest BCUT2D eigenvalue weighted by molar-refractivity contribution is 4.86. The van der Waals surface area contributed by atoms with Crippen molar-refractivity contribution in [3.63, 3.8) is 0 Å². The molecule has 0 aliphatic carbocycles. The molecule has 15 heavy (non-hydrogen) atoms. The molecule has 1 fully saturated rings. The lowest BCUT2D eigenvalue weighted by atomic mass is 9.80. The smallest absolute Gasteiger partial charge is 0.0691 e. The third-order valence-corrected chi connectivity index (χ3v) is 3.19. The molecule has 0 radical (unpaired) electrons. The van der Waals surface area contributed by atoms with Crippen LogP contribution < -0.4 is 5.32 Å². The van der Waals surface area contributed by atoms with Crippen LogP contribution in [0.25, 0.3) is 0 Å². The lowest BCUT2D eigenvalue weighted by Gasteiger charge is -2.36.